The van der Waals surface area contributed by atoms with Crippen LogP contribution < -0.4 is 21.1 Å². The molecule has 3 heterocycles. The number of fused-ring (bicyclic) bond motifs is 1. The average Bonchev–Trinajstić information content (AvgIpc) is 3.35. The van der Waals surface area contributed by atoms with Gasteiger partial charge in [-0.25, -0.2) is 15.0 Å². The molecule has 4 N–H and O–H groups in total. The van der Waals surface area contributed by atoms with E-state index in [1.54, 1.807) is 6.92 Å². The fourth-order valence-corrected chi connectivity index (χ4v) is 3.74. The number of nitrogens with one attached hydrogen (secondary N) is 2. The molecule has 0 unspecified atom stereocenters. The van der Waals surface area contributed by atoms with Crippen molar-refractivity contribution in [3.8, 4) is 17.2 Å². The number of methoxy groups -OCH3 is 1. The lowest BCUT2D eigenvalue weighted by Gasteiger charge is -2.11. The summed E-state index contributed by atoms with van der Waals surface area (Å²) in [6.45, 7) is 1.72. The highest BCUT2D eigenvalue weighted by molar-refractivity contribution is 5.98. The summed E-state index contributed by atoms with van der Waals surface area (Å²) in [5.74, 6) is -0.417. The summed E-state index contributed by atoms with van der Waals surface area (Å²) in [5.41, 5.74) is 4.01. The van der Waals surface area contributed by atoms with Crippen LogP contribution >= 0.6 is 0 Å². The Balaban J connectivity index is 1.54. The van der Waals surface area contributed by atoms with E-state index in [0.29, 0.717) is 6.20 Å². The Morgan fingerprint density at radius 1 is 1.02 bits per heavy atom. The molecule has 9 nitrogen and oxygen atoms in total. The second-order valence-corrected chi connectivity index (χ2v) is 8.54. The quantitative estimate of drug-likeness (QED) is 0.196. The van der Waals surface area contributed by atoms with E-state index < -0.39 is 35.6 Å². The van der Waals surface area contributed by atoms with E-state index in [1.165, 1.54) is 25.3 Å². The van der Waals surface area contributed by atoms with Gasteiger partial charge in [0.2, 0.25) is 5.89 Å². The van der Waals surface area contributed by atoms with E-state index in [2.05, 4.69) is 25.6 Å². The second-order valence-electron chi connectivity index (χ2n) is 8.54. The molecule has 15 heteroatoms. The van der Waals surface area contributed by atoms with Gasteiger partial charge in [-0.05, 0) is 43.3 Å². The lowest BCUT2D eigenvalue weighted by molar-refractivity contribution is -0.141. The Labute approximate surface area is 222 Å². The van der Waals surface area contributed by atoms with Gasteiger partial charge in [0.15, 0.2) is 11.5 Å². The minimum absolute atomic E-state index is 0.0358. The molecule has 0 spiro atoms. The Morgan fingerprint density at radius 2 is 1.77 bits per heavy atom. The molecule has 1 atom stereocenters. The number of nitrogens with zero attached hydrogens (tertiary/aromatic N) is 3. The summed E-state index contributed by atoms with van der Waals surface area (Å²) >= 11 is 0. The number of carbonyl (C=O) groups excluding carboxylic acids is 1. The van der Waals surface area contributed by atoms with Crippen molar-refractivity contribution in [1.82, 2.24) is 20.3 Å². The Kier molecular flexibility index (Phi) is 7.86. The maximum absolute atomic E-state index is 13.3. The first-order valence-electron chi connectivity index (χ1n) is 11.7. The summed E-state index contributed by atoms with van der Waals surface area (Å²) in [4.78, 5) is 24.5. The number of ether oxygens (including phenoxy) is 1. The fourth-order valence-electron chi connectivity index (χ4n) is 3.74. The molecule has 0 aliphatic carbocycles. The van der Waals surface area contributed by atoms with Crippen molar-refractivity contribution in [3.63, 3.8) is 0 Å². The Bertz CT molecular complexity index is 1520. The molecule has 0 aliphatic heterocycles. The molecule has 0 bridgehead atoms. The number of oxazole rings is 1. The third-order valence-electron chi connectivity index (χ3n) is 5.65. The number of benzene rings is 1. The van der Waals surface area contributed by atoms with Gasteiger partial charge in [-0.3, -0.25) is 4.79 Å². The third-order valence-corrected chi connectivity index (χ3v) is 5.65. The minimum Gasteiger partial charge on any atom is -0.494 e. The molecule has 40 heavy (non-hydrogen) atoms. The molecular weight excluding hydrogens is 546 g/mol. The first-order chi connectivity index (χ1) is 18.8. The van der Waals surface area contributed by atoms with Crippen molar-refractivity contribution in [1.29, 1.82) is 0 Å². The van der Waals surface area contributed by atoms with E-state index in [9.17, 15) is 31.1 Å². The van der Waals surface area contributed by atoms with E-state index in [-0.39, 0.29) is 58.5 Å². The topological polar surface area (TPSA) is 128 Å². The number of halogens is 6. The normalized spacial score (nSPS) is 12.8. The number of rotatable bonds is 8. The van der Waals surface area contributed by atoms with Crippen LogP contribution in [-0.4, -0.2) is 41.1 Å². The first-order valence-corrected chi connectivity index (χ1v) is 11.7. The van der Waals surface area contributed by atoms with Crippen molar-refractivity contribution in [2.24, 2.45) is 5.73 Å². The maximum atomic E-state index is 13.3. The summed E-state index contributed by atoms with van der Waals surface area (Å²) in [6, 6.07) is 6.20. The summed E-state index contributed by atoms with van der Waals surface area (Å²) in [5, 5.41) is 5.62. The predicted molar refractivity (Wildman–Crippen MR) is 131 cm³/mol. The van der Waals surface area contributed by atoms with Crippen LogP contribution in [0.1, 0.15) is 40.5 Å². The van der Waals surface area contributed by atoms with Crippen molar-refractivity contribution in [2.45, 2.75) is 25.3 Å². The molecule has 4 rings (SSSR count). The number of carbonyl (C=O) groups is 1. The lowest BCUT2D eigenvalue weighted by Crippen LogP contribution is -2.30. The number of aromatic nitrogens is 3. The van der Waals surface area contributed by atoms with Gasteiger partial charge in [0.25, 0.3) is 5.91 Å². The van der Waals surface area contributed by atoms with Gasteiger partial charge in [0, 0.05) is 30.2 Å². The summed E-state index contributed by atoms with van der Waals surface area (Å²) in [7, 11) is 1.29. The number of amides is 1. The van der Waals surface area contributed by atoms with Crippen molar-refractivity contribution < 1.29 is 40.3 Å². The molecule has 3 aromatic heterocycles. The smallest absolute Gasteiger partial charge is 0.433 e. The lowest BCUT2D eigenvalue weighted by atomic mass is 10.1. The molecule has 0 radical (unpaired) electrons. The number of pyridine rings is 2. The molecule has 0 saturated carbocycles. The molecule has 0 saturated heterocycles. The van der Waals surface area contributed by atoms with Crippen molar-refractivity contribution in [3.05, 3.63) is 65.3 Å². The van der Waals surface area contributed by atoms with Gasteiger partial charge in [-0.15, -0.1) is 0 Å². The van der Waals surface area contributed by atoms with Gasteiger partial charge < -0.3 is 25.5 Å². The Morgan fingerprint density at radius 3 is 2.38 bits per heavy atom. The fraction of sp³-hybridized carbons (Fsp3) is 0.280. The van der Waals surface area contributed by atoms with E-state index in [1.807, 2.05) is 0 Å². The molecule has 1 amide bonds. The molecule has 0 fully saturated rings. The van der Waals surface area contributed by atoms with Crippen LogP contribution in [0.15, 0.2) is 47.0 Å². The monoisotopic (exact) mass is 568 g/mol. The van der Waals surface area contributed by atoms with Crippen molar-refractivity contribution in [2.75, 3.05) is 25.5 Å². The van der Waals surface area contributed by atoms with Crippen molar-refractivity contribution >= 4 is 22.6 Å². The van der Waals surface area contributed by atoms with Crippen LogP contribution in [0.3, 0.4) is 0 Å². The Hall–Kier alpha value is -4.40. The zero-order chi connectivity index (χ0) is 29.2. The van der Waals surface area contributed by atoms with E-state index >= 15 is 0 Å². The van der Waals surface area contributed by atoms with E-state index in [0.717, 1.165) is 18.2 Å². The van der Waals surface area contributed by atoms with Gasteiger partial charge in [-0.1, -0.05) is 0 Å². The average molecular weight is 568 g/mol. The minimum atomic E-state index is -4.68. The van der Waals surface area contributed by atoms with Crippen LogP contribution in [0.2, 0.25) is 0 Å². The van der Waals surface area contributed by atoms with Crippen LogP contribution in [0.25, 0.3) is 22.4 Å². The highest BCUT2D eigenvalue weighted by atomic mass is 19.4. The summed E-state index contributed by atoms with van der Waals surface area (Å²) < 4.78 is 88.7. The maximum Gasteiger partial charge on any atom is 0.433 e. The molecular formula is C25H22F6N6O3. The molecule has 0 aliphatic rings. The van der Waals surface area contributed by atoms with Crippen LogP contribution in [0, 0.1) is 0 Å². The van der Waals surface area contributed by atoms with E-state index in [4.69, 9.17) is 14.9 Å². The number of alkyl halides is 6. The van der Waals surface area contributed by atoms with Crippen LogP contribution in [0.4, 0.5) is 32.2 Å². The largest absolute Gasteiger partial charge is 0.494 e. The van der Waals surface area contributed by atoms with Crippen LogP contribution in [-0.2, 0) is 12.4 Å². The molecule has 4 aromatic rings. The zero-order valence-electron chi connectivity index (χ0n) is 20.9. The molecule has 212 valence electrons. The highest BCUT2D eigenvalue weighted by Crippen LogP contribution is 2.37. The highest BCUT2D eigenvalue weighted by Gasteiger charge is 2.33. The molecule has 1 aromatic carbocycles. The van der Waals surface area contributed by atoms with Gasteiger partial charge in [0.1, 0.15) is 22.8 Å². The number of hydrogen-bond acceptors (Lipinski definition) is 8. The third kappa shape index (κ3) is 6.09. The SMILES string of the molecule is COc1ccc(-c2nc(C(=O)NCCNc3ccc(C(F)(F)F)cn3)c([C@H](C)N)o2)c2ccc(C(F)(F)F)nc12. The summed E-state index contributed by atoms with van der Waals surface area (Å²) in [6.07, 6.45) is -8.49. The zero-order valence-corrected chi connectivity index (χ0v) is 20.9. The second kappa shape index (κ2) is 11.0. The first kappa shape index (κ1) is 28.6. The van der Waals surface area contributed by atoms with Crippen LogP contribution in [0.5, 0.6) is 5.75 Å². The van der Waals surface area contributed by atoms with Gasteiger partial charge in [0.05, 0.1) is 18.7 Å². The number of anilines is 1. The predicted octanol–water partition coefficient (Wildman–Crippen LogP) is 5.19. The number of nitrogens with two attached hydrogens (primary N) is 1. The standard InChI is InChI=1S/C25H22F6N6O3/c1-12(32)21-20(22(38)34-10-9-33-18-8-3-13(11-35-18)24(26,27)28)37-23(40-21)15-4-6-16(39-2)19-14(15)5-7-17(36-19)25(29,30)31/h3-8,11-12H,9-10,32H2,1-2H3,(H,33,35)(H,34,38)/t12-/m0/s1. The number of hydrogen-bond donors (Lipinski definition) is 3. The van der Waals surface area contributed by atoms with Gasteiger partial charge in [-0.2, -0.15) is 26.3 Å². The van der Waals surface area contributed by atoms with Gasteiger partial charge >= 0.3 is 12.4 Å².